The molecule has 0 saturated heterocycles. The van der Waals surface area contributed by atoms with E-state index in [-0.39, 0.29) is 25.0 Å². The van der Waals surface area contributed by atoms with Crippen molar-refractivity contribution in [2.45, 2.75) is 108 Å². The van der Waals surface area contributed by atoms with Gasteiger partial charge in [0.25, 0.3) is 0 Å². The van der Waals surface area contributed by atoms with Crippen LogP contribution in [0.15, 0.2) is 36.4 Å². The van der Waals surface area contributed by atoms with E-state index in [1.807, 2.05) is 37.3 Å². The largest absolute Gasteiger partial charge is 0.403 e. The number of hydrogen-bond acceptors (Lipinski definition) is 3. The second kappa shape index (κ2) is 13.0. The van der Waals surface area contributed by atoms with Gasteiger partial charge < -0.3 is 15.3 Å². The van der Waals surface area contributed by atoms with E-state index in [4.69, 9.17) is 0 Å². The summed E-state index contributed by atoms with van der Waals surface area (Å²) in [6.07, 6.45) is -7.35. The zero-order valence-electron chi connectivity index (χ0n) is 22.2. The lowest BCUT2D eigenvalue weighted by Gasteiger charge is -2.40. The molecule has 0 amide bonds. The van der Waals surface area contributed by atoms with Crippen molar-refractivity contribution in [1.29, 1.82) is 0 Å². The van der Waals surface area contributed by atoms with Crippen molar-refractivity contribution in [2.24, 2.45) is 5.92 Å². The average Bonchev–Trinajstić information content (AvgIpc) is 2.89. The van der Waals surface area contributed by atoms with Crippen LogP contribution in [-0.4, -0.2) is 33.8 Å². The molecule has 0 aliphatic heterocycles. The maximum Gasteiger partial charge on any atom is 0.403 e. The van der Waals surface area contributed by atoms with E-state index in [0.29, 0.717) is 23.1 Å². The fraction of sp³-hybridized carbons (Fsp3) is 0.600. The van der Waals surface area contributed by atoms with Gasteiger partial charge in [-0.25, -0.2) is 0 Å². The van der Waals surface area contributed by atoms with Crippen LogP contribution in [0.1, 0.15) is 85.3 Å². The quantitative estimate of drug-likeness (QED) is 0.257. The van der Waals surface area contributed by atoms with Crippen LogP contribution in [0.3, 0.4) is 0 Å². The Kier molecular flexibility index (Phi) is 10.5. The third kappa shape index (κ3) is 7.55. The number of alkyl halides is 6. The Balaban J connectivity index is 1.88. The van der Waals surface area contributed by atoms with Crippen LogP contribution in [-0.2, 0) is 37.9 Å². The second-order valence-electron chi connectivity index (χ2n) is 10.7. The molecule has 0 bridgehead atoms. The summed E-state index contributed by atoms with van der Waals surface area (Å²) >= 11 is 0. The predicted molar refractivity (Wildman–Crippen MR) is 137 cm³/mol. The molecule has 39 heavy (non-hydrogen) atoms. The lowest BCUT2D eigenvalue weighted by molar-refractivity contribution is -0.306. The summed E-state index contributed by atoms with van der Waals surface area (Å²) in [7, 11) is 0. The van der Waals surface area contributed by atoms with Crippen LogP contribution in [0, 0.1) is 5.92 Å². The minimum Gasteiger partial charge on any atom is -0.392 e. The summed E-state index contributed by atoms with van der Waals surface area (Å²) in [5.41, 5.74) is 4.91. The van der Waals surface area contributed by atoms with Crippen molar-refractivity contribution in [2.75, 3.05) is 0 Å². The van der Waals surface area contributed by atoms with E-state index < -0.39 is 30.8 Å². The molecule has 1 aliphatic rings. The average molecular weight is 561 g/mol. The number of aliphatic hydroxyl groups is 3. The molecule has 1 saturated carbocycles. The van der Waals surface area contributed by atoms with Crippen molar-refractivity contribution in [3.05, 3.63) is 69.8 Å². The van der Waals surface area contributed by atoms with Crippen LogP contribution in [0.5, 0.6) is 0 Å². The Morgan fingerprint density at radius 1 is 0.821 bits per heavy atom. The highest BCUT2D eigenvalue weighted by atomic mass is 19.4. The monoisotopic (exact) mass is 560 g/mol. The van der Waals surface area contributed by atoms with E-state index in [1.165, 1.54) is 0 Å². The maximum absolute atomic E-state index is 13.1. The number of rotatable bonds is 11. The molecule has 3 N–H and O–H groups in total. The number of benzene rings is 2. The van der Waals surface area contributed by atoms with E-state index in [0.717, 1.165) is 61.6 Å². The van der Waals surface area contributed by atoms with Crippen molar-refractivity contribution in [3.8, 4) is 0 Å². The highest BCUT2D eigenvalue weighted by Crippen LogP contribution is 2.46. The van der Waals surface area contributed by atoms with E-state index >= 15 is 0 Å². The molecular weight excluding hydrogens is 522 g/mol. The number of aryl methyl sites for hydroxylation is 2. The third-order valence-electron chi connectivity index (χ3n) is 8.31. The van der Waals surface area contributed by atoms with Crippen LogP contribution in [0.25, 0.3) is 0 Å². The lowest BCUT2D eigenvalue weighted by atomic mass is 9.64. The molecule has 9 heteroatoms. The third-order valence-corrected chi connectivity index (χ3v) is 8.31. The Morgan fingerprint density at radius 3 is 2.03 bits per heavy atom. The molecule has 1 atom stereocenters. The van der Waals surface area contributed by atoms with Gasteiger partial charge in [-0.15, -0.1) is 0 Å². The predicted octanol–water partition coefficient (Wildman–Crippen LogP) is 7.10. The number of hydrogen-bond donors (Lipinski definition) is 3. The zero-order valence-corrected chi connectivity index (χ0v) is 22.2. The summed E-state index contributed by atoms with van der Waals surface area (Å²) in [6, 6.07) is 11.2. The zero-order chi connectivity index (χ0) is 28.8. The van der Waals surface area contributed by atoms with Gasteiger partial charge in [0.15, 0.2) is 5.92 Å². The van der Waals surface area contributed by atoms with Gasteiger partial charge in [-0.1, -0.05) is 62.6 Å². The van der Waals surface area contributed by atoms with E-state index in [2.05, 4.69) is 0 Å². The molecule has 0 radical (unpaired) electrons. The second-order valence-corrected chi connectivity index (χ2v) is 10.7. The Hall–Kier alpha value is -2.10. The van der Waals surface area contributed by atoms with Gasteiger partial charge >= 0.3 is 12.4 Å². The smallest absolute Gasteiger partial charge is 0.392 e. The molecule has 1 aliphatic carbocycles. The summed E-state index contributed by atoms with van der Waals surface area (Å²) in [6.45, 7) is 1.60. The summed E-state index contributed by atoms with van der Waals surface area (Å²) in [5, 5.41) is 29.2. The van der Waals surface area contributed by atoms with Crippen molar-refractivity contribution in [3.63, 3.8) is 0 Å². The highest BCUT2D eigenvalue weighted by molar-refractivity contribution is 5.41. The first kappa shape index (κ1) is 31.4. The molecule has 0 aromatic heterocycles. The first-order chi connectivity index (χ1) is 18.4. The molecule has 3 rings (SSSR count). The van der Waals surface area contributed by atoms with Crippen LogP contribution in [0.4, 0.5) is 26.3 Å². The first-order valence-electron chi connectivity index (χ1n) is 13.6. The number of aliphatic hydroxyl groups excluding tert-OH is 3. The van der Waals surface area contributed by atoms with Crippen molar-refractivity contribution < 1.29 is 41.7 Å². The van der Waals surface area contributed by atoms with Gasteiger partial charge in [-0.3, -0.25) is 0 Å². The minimum absolute atomic E-state index is 0.0839. The fourth-order valence-electron chi connectivity index (χ4n) is 6.28. The summed E-state index contributed by atoms with van der Waals surface area (Å²) in [4.78, 5) is 0. The molecule has 0 heterocycles. The van der Waals surface area contributed by atoms with Gasteiger partial charge in [-0.2, -0.15) is 26.3 Å². The SMILES string of the molecule is CCc1c(CCC(O)C(C(F)(F)F)C(F)(F)F)cccc1C1(CCc2ccc(CO)c(CO)c2)CCCCC1. The normalized spacial score (nSPS) is 17.0. The summed E-state index contributed by atoms with van der Waals surface area (Å²) in [5.74, 6) is -3.77. The minimum atomic E-state index is -5.58. The summed E-state index contributed by atoms with van der Waals surface area (Å²) < 4.78 is 78.6. The van der Waals surface area contributed by atoms with E-state index in [9.17, 15) is 41.7 Å². The Morgan fingerprint density at radius 2 is 1.46 bits per heavy atom. The molecule has 1 fully saturated rings. The first-order valence-corrected chi connectivity index (χ1v) is 13.6. The van der Waals surface area contributed by atoms with Crippen molar-refractivity contribution >= 4 is 0 Å². The molecule has 3 nitrogen and oxygen atoms in total. The molecule has 0 spiro atoms. The molecule has 218 valence electrons. The topological polar surface area (TPSA) is 60.7 Å². The molecule has 2 aromatic carbocycles. The fourth-order valence-corrected chi connectivity index (χ4v) is 6.28. The van der Waals surface area contributed by atoms with Gasteiger partial charge in [-0.05, 0) is 83.7 Å². The Bertz CT molecular complexity index is 1060. The maximum atomic E-state index is 13.1. The van der Waals surface area contributed by atoms with Gasteiger partial charge in [0.2, 0.25) is 0 Å². The van der Waals surface area contributed by atoms with E-state index in [1.54, 1.807) is 6.07 Å². The van der Waals surface area contributed by atoms with Gasteiger partial charge in [0.05, 0.1) is 19.3 Å². The molecular formula is C30H38F6O3. The van der Waals surface area contributed by atoms with Gasteiger partial charge in [0, 0.05) is 0 Å². The number of halogens is 6. The highest BCUT2D eigenvalue weighted by Gasteiger charge is 2.59. The van der Waals surface area contributed by atoms with Crippen LogP contribution in [0.2, 0.25) is 0 Å². The molecule has 2 aromatic rings. The standard InChI is InChI=1S/C30H38F6O3/c1-2-24-21(11-12-26(39)27(29(31,32)33)30(34,35)36)7-6-8-25(24)28(14-4-3-5-15-28)16-13-20-9-10-22(18-37)23(17-20)19-38/h6-10,17,26-27,37-39H,2-5,11-16,18-19H2,1H3. The van der Waals surface area contributed by atoms with Gasteiger partial charge in [0.1, 0.15) is 0 Å². The van der Waals surface area contributed by atoms with Crippen LogP contribution >= 0.6 is 0 Å². The Labute approximate surface area is 225 Å². The lowest BCUT2D eigenvalue weighted by Crippen LogP contribution is -2.45. The van der Waals surface area contributed by atoms with Crippen LogP contribution < -0.4 is 0 Å². The molecule has 1 unspecified atom stereocenters. The van der Waals surface area contributed by atoms with Crippen molar-refractivity contribution in [1.82, 2.24) is 0 Å².